The first-order chi connectivity index (χ1) is 11.8. The number of halogens is 3. The van der Waals surface area contributed by atoms with E-state index in [0.29, 0.717) is 24.1 Å². The molecule has 0 aromatic carbocycles. The highest BCUT2D eigenvalue weighted by Gasteiger charge is 2.33. The average Bonchev–Trinajstić information content (AvgIpc) is 2.56. The standard InChI is InChI=1S/C12H10F3NO.C6H13NO/c13-12(14,15)17-11-7-2-1-5-9(11)10-6-3-4-8-16-10;1-4-6(7-3)5(2)8/h2-4,6-8H,1,5H2;6-7H,4H2,1-3H3/t;6-/m.0/s1. The molecule has 0 spiro atoms. The molecule has 138 valence electrons. The minimum atomic E-state index is -4.67. The van der Waals surface area contributed by atoms with Crippen LogP contribution in [0.2, 0.25) is 0 Å². The number of carbonyl (C=O) groups excluding carboxylic acids is 1. The number of carbonyl (C=O) groups is 1. The van der Waals surface area contributed by atoms with Crippen LogP contribution in [-0.2, 0) is 9.53 Å². The van der Waals surface area contributed by atoms with Gasteiger partial charge in [-0.15, -0.1) is 13.2 Å². The van der Waals surface area contributed by atoms with Gasteiger partial charge in [-0.2, -0.15) is 0 Å². The monoisotopic (exact) mass is 356 g/mol. The number of hydrogen-bond acceptors (Lipinski definition) is 4. The summed E-state index contributed by atoms with van der Waals surface area (Å²) in [6.45, 7) is 3.59. The number of nitrogens with zero attached hydrogens (tertiary/aromatic N) is 1. The fraction of sp³-hybridized carbons (Fsp3) is 0.444. The average molecular weight is 356 g/mol. The van der Waals surface area contributed by atoms with E-state index in [2.05, 4.69) is 15.0 Å². The third-order valence-corrected chi connectivity index (χ3v) is 3.57. The van der Waals surface area contributed by atoms with Crippen LogP contribution in [0.3, 0.4) is 0 Å². The molecule has 4 nitrogen and oxygen atoms in total. The normalized spacial score (nSPS) is 15.3. The molecule has 1 aromatic rings. The van der Waals surface area contributed by atoms with Crippen LogP contribution < -0.4 is 5.32 Å². The lowest BCUT2D eigenvalue weighted by Crippen LogP contribution is -2.31. The van der Waals surface area contributed by atoms with Gasteiger partial charge in [0.05, 0.1) is 11.7 Å². The minimum Gasteiger partial charge on any atom is -0.405 e. The van der Waals surface area contributed by atoms with Gasteiger partial charge in [0.25, 0.3) is 0 Å². The predicted octanol–water partition coefficient (Wildman–Crippen LogP) is 4.25. The maximum atomic E-state index is 12.2. The third kappa shape index (κ3) is 7.51. The van der Waals surface area contributed by atoms with Crippen molar-refractivity contribution in [1.82, 2.24) is 10.3 Å². The highest BCUT2D eigenvalue weighted by Crippen LogP contribution is 2.32. The van der Waals surface area contributed by atoms with Crippen molar-refractivity contribution in [3.05, 3.63) is 48.0 Å². The molecule has 1 heterocycles. The first kappa shape index (κ1) is 20.9. The minimum absolute atomic E-state index is 0.0648. The molecule has 2 rings (SSSR count). The fourth-order valence-electron chi connectivity index (χ4n) is 2.35. The number of ether oxygens (including phenoxy) is 1. The maximum absolute atomic E-state index is 12.2. The molecular formula is C18H23F3N2O2. The van der Waals surface area contributed by atoms with E-state index in [1.54, 1.807) is 44.4 Å². The molecule has 7 heteroatoms. The Morgan fingerprint density at radius 1 is 1.40 bits per heavy atom. The van der Waals surface area contributed by atoms with Crippen molar-refractivity contribution in [1.29, 1.82) is 0 Å². The number of ketones is 1. The molecular weight excluding hydrogens is 333 g/mol. The van der Waals surface area contributed by atoms with E-state index in [1.807, 2.05) is 6.92 Å². The second-order valence-electron chi connectivity index (χ2n) is 5.41. The number of allylic oxidation sites excluding steroid dienone is 3. The van der Waals surface area contributed by atoms with Gasteiger partial charge in [0.15, 0.2) is 0 Å². The molecule has 1 atom stereocenters. The Bertz CT molecular complexity index is 606. The largest absolute Gasteiger partial charge is 0.573 e. The van der Waals surface area contributed by atoms with Gasteiger partial charge in [0.1, 0.15) is 11.5 Å². The highest BCUT2D eigenvalue weighted by molar-refractivity contribution is 5.81. The van der Waals surface area contributed by atoms with Crippen LogP contribution in [0, 0.1) is 0 Å². The van der Waals surface area contributed by atoms with Gasteiger partial charge >= 0.3 is 6.36 Å². The third-order valence-electron chi connectivity index (χ3n) is 3.57. The van der Waals surface area contributed by atoms with Crippen molar-refractivity contribution in [3.63, 3.8) is 0 Å². The molecule has 1 N–H and O–H groups in total. The van der Waals surface area contributed by atoms with Crippen molar-refractivity contribution < 1.29 is 22.7 Å². The molecule has 0 unspecified atom stereocenters. The molecule has 25 heavy (non-hydrogen) atoms. The van der Waals surface area contributed by atoms with Crippen molar-refractivity contribution in [2.45, 2.75) is 45.5 Å². The number of Topliss-reactive ketones (excluding diaryl/α,β-unsaturated/α-hetero) is 1. The van der Waals surface area contributed by atoms with Crippen LogP contribution >= 0.6 is 0 Å². The van der Waals surface area contributed by atoms with Gasteiger partial charge in [-0.3, -0.25) is 9.78 Å². The summed E-state index contributed by atoms with van der Waals surface area (Å²) in [7, 11) is 1.80. The van der Waals surface area contributed by atoms with Crippen LogP contribution in [0.15, 0.2) is 42.3 Å². The second-order valence-corrected chi connectivity index (χ2v) is 5.41. The Morgan fingerprint density at radius 3 is 2.56 bits per heavy atom. The molecule has 0 radical (unpaired) electrons. The lowest BCUT2D eigenvalue weighted by Gasteiger charge is -2.17. The number of aromatic nitrogens is 1. The van der Waals surface area contributed by atoms with Crippen molar-refractivity contribution in [2.75, 3.05) is 7.05 Å². The number of likely N-dealkylation sites (N-methyl/N-ethyl adjacent to an activating group) is 1. The molecule has 0 fully saturated rings. The summed E-state index contributed by atoms with van der Waals surface area (Å²) in [5.41, 5.74) is 1.02. The summed E-state index contributed by atoms with van der Waals surface area (Å²) in [4.78, 5) is 14.6. The summed E-state index contributed by atoms with van der Waals surface area (Å²) in [5.74, 6) is 0.0532. The van der Waals surface area contributed by atoms with Crippen molar-refractivity contribution >= 4 is 11.4 Å². The number of rotatable bonds is 5. The Morgan fingerprint density at radius 2 is 2.12 bits per heavy atom. The van der Waals surface area contributed by atoms with Crippen LogP contribution in [0.5, 0.6) is 0 Å². The number of alkyl halides is 3. The molecule has 1 aliphatic rings. The van der Waals surface area contributed by atoms with Gasteiger partial charge in [-0.05, 0) is 51.4 Å². The van der Waals surface area contributed by atoms with Gasteiger partial charge in [0, 0.05) is 11.8 Å². The van der Waals surface area contributed by atoms with Crippen LogP contribution in [0.1, 0.15) is 38.8 Å². The molecule has 0 saturated heterocycles. The summed E-state index contributed by atoms with van der Waals surface area (Å²) in [6, 6.07) is 5.19. The molecule has 0 bridgehead atoms. The van der Waals surface area contributed by atoms with Gasteiger partial charge in [-0.25, -0.2) is 0 Å². The summed E-state index contributed by atoms with van der Waals surface area (Å²) < 4.78 is 40.7. The molecule has 1 aromatic heterocycles. The lowest BCUT2D eigenvalue weighted by molar-refractivity contribution is -0.303. The maximum Gasteiger partial charge on any atom is 0.573 e. The molecule has 0 amide bonds. The van der Waals surface area contributed by atoms with E-state index in [9.17, 15) is 18.0 Å². The number of hydrogen-bond donors (Lipinski definition) is 1. The Kier molecular flexibility index (Phi) is 8.34. The van der Waals surface area contributed by atoms with E-state index in [-0.39, 0.29) is 17.6 Å². The van der Waals surface area contributed by atoms with E-state index >= 15 is 0 Å². The van der Waals surface area contributed by atoms with Crippen molar-refractivity contribution in [3.8, 4) is 0 Å². The first-order valence-electron chi connectivity index (χ1n) is 8.03. The van der Waals surface area contributed by atoms with Gasteiger partial charge in [-0.1, -0.05) is 19.1 Å². The zero-order valence-electron chi connectivity index (χ0n) is 14.6. The first-order valence-corrected chi connectivity index (χ1v) is 8.03. The molecule has 1 aliphatic carbocycles. The van der Waals surface area contributed by atoms with Crippen LogP contribution in [0.25, 0.3) is 5.57 Å². The second kappa shape index (κ2) is 9.98. The van der Waals surface area contributed by atoms with Crippen LogP contribution in [-0.4, -0.2) is 30.2 Å². The highest BCUT2D eigenvalue weighted by atomic mass is 19.4. The SMILES string of the molecule is CC[C@H](NC)C(C)=O.FC(F)(F)OC1=C(c2ccccn2)CCC=C1. The summed E-state index contributed by atoms with van der Waals surface area (Å²) in [6.07, 6.45) is 1.96. The van der Waals surface area contributed by atoms with Gasteiger partial charge < -0.3 is 10.1 Å². The number of pyridine rings is 1. The van der Waals surface area contributed by atoms with Crippen LogP contribution in [0.4, 0.5) is 13.2 Å². The van der Waals surface area contributed by atoms with E-state index < -0.39 is 6.36 Å². The summed E-state index contributed by atoms with van der Waals surface area (Å²) >= 11 is 0. The van der Waals surface area contributed by atoms with E-state index in [1.165, 1.54) is 6.08 Å². The Hall–Kier alpha value is -2.15. The zero-order valence-corrected chi connectivity index (χ0v) is 14.6. The predicted molar refractivity (Wildman–Crippen MR) is 90.5 cm³/mol. The lowest BCUT2D eigenvalue weighted by atomic mass is 10.00. The molecule has 0 aliphatic heterocycles. The molecule has 0 saturated carbocycles. The smallest absolute Gasteiger partial charge is 0.405 e. The topological polar surface area (TPSA) is 51.2 Å². The fourth-order valence-corrected chi connectivity index (χ4v) is 2.35. The van der Waals surface area contributed by atoms with Crippen molar-refractivity contribution in [2.24, 2.45) is 0 Å². The Balaban J connectivity index is 0.000000333. The quantitative estimate of drug-likeness (QED) is 0.857. The zero-order chi connectivity index (χ0) is 18.9. The number of nitrogens with one attached hydrogen (secondary N) is 1. The Labute approximate surface area is 145 Å². The summed E-state index contributed by atoms with van der Waals surface area (Å²) in [5, 5.41) is 2.90. The van der Waals surface area contributed by atoms with Gasteiger partial charge in [0.2, 0.25) is 0 Å². The van der Waals surface area contributed by atoms with E-state index in [0.717, 1.165) is 6.42 Å². The van der Waals surface area contributed by atoms with E-state index in [4.69, 9.17) is 0 Å².